The Bertz CT molecular complexity index is 464. The van der Waals surface area contributed by atoms with Crippen LogP contribution < -0.4 is 0 Å². The van der Waals surface area contributed by atoms with Gasteiger partial charge >= 0.3 is 0 Å². The molecule has 0 fully saturated rings. The number of aromatic nitrogens is 4. The predicted octanol–water partition coefficient (Wildman–Crippen LogP) is 1.48. The molecule has 2 rings (SSSR count). The molecule has 0 unspecified atom stereocenters. The fourth-order valence-electron chi connectivity index (χ4n) is 1.65. The molecule has 84 valence electrons. The molecule has 0 saturated heterocycles. The van der Waals surface area contributed by atoms with Gasteiger partial charge in [-0.3, -0.25) is 15.1 Å². The van der Waals surface area contributed by atoms with Gasteiger partial charge in [0.2, 0.25) is 0 Å². The molecule has 2 heterocycles. The first-order valence-corrected chi connectivity index (χ1v) is 5.18. The Labute approximate surface area is 93.6 Å². The number of aliphatic hydroxyl groups is 1. The Balaban J connectivity index is 2.50. The normalized spacial score (nSPS) is 11.0. The van der Waals surface area contributed by atoms with Gasteiger partial charge in [0, 0.05) is 23.7 Å². The van der Waals surface area contributed by atoms with Crippen molar-refractivity contribution in [3.8, 4) is 11.4 Å². The number of hydrogen-bond donors (Lipinski definition) is 2. The summed E-state index contributed by atoms with van der Waals surface area (Å²) in [5, 5.41) is 16.5. The van der Waals surface area contributed by atoms with E-state index >= 15 is 0 Å². The smallest absolute Gasteiger partial charge is 0.118 e. The first kappa shape index (κ1) is 10.8. The molecule has 16 heavy (non-hydrogen) atoms. The van der Waals surface area contributed by atoms with Crippen molar-refractivity contribution in [1.29, 1.82) is 0 Å². The Morgan fingerprint density at radius 2 is 2.19 bits per heavy atom. The van der Waals surface area contributed by atoms with Crippen molar-refractivity contribution in [3.05, 3.63) is 29.8 Å². The van der Waals surface area contributed by atoms with Crippen LogP contribution in [-0.2, 0) is 6.61 Å². The third-order valence-corrected chi connectivity index (χ3v) is 2.44. The summed E-state index contributed by atoms with van der Waals surface area (Å²) in [6.07, 6.45) is 4.86. The summed E-state index contributed by atoms with van der Waals surface area (Å²) >= 11 is 0. The Hall–Kier alpha value is -1.75. The molecule has 5 nitrogen and oxygen atoms in total. The van der Waals surface area contributed by atoms with Crippen molar-refractivity contribution >= 4 is 0 Å². The highest BCUT2D eigenvalue weighted by Crippen LogP contribution is 2.25. The lowest BCUT2D eigenvalue weighted by atomic mass is 10.0. The highest BCUT2D eigenvalue weighted by molar-refractivity contribution is 5.58. The summed E-state index contributed by atoms with van der Waals surface area (Å²) in [6.45, 7) is 4.05. The number of H-pyrrole nitrogens is 1. The summed E-state index contributed by atoms with van der Waals surface area (Å²) in [5.41, 5.74) is 3.10. The van der Waals surface area contributed by atoms with Gasteiger partial charge in [-0.1, -0.05) is 13.8 Å². The summed E-state index contributed by atoms with van der Waals surface area (Å²) < 4.78 is 0. The van der Waals surface area contributed by atoms with Gasteiger partial charge in [0.1, 0.15) is 11.4 Å². The maximum Gasteiger partial charge on any atom is 0.118 e. The second-order valence-electron chi connectivity index (χ2n) is 3.87. The zero-order valence-electron chi connectivity index (χ0n) is 9.31. The van der Waals surface area contributed by atoms with Crippen LogP contribution >= 0.6 is 0 Å². The number of aliphatic hydroxyl groups excluding tert-OH is 1. The molecule has 5 heteroatoms. The summed E-state index contributed by atoms with van der Waals surface area (Å²) in [6, 6.07) is 0. The number of nitrogens with zero attached hydrogens (tertiary/aromatic N) is 3. The summed E-state index contributed by atoms with van der Waals surface area (Å²) in [4.78, 5) is 8.17. The van der Waals surface area contributed by atoms with Crippen molar-refractivity contribution in [2.75, 3.05) is 0 Å². The minimum absolute atomic E-state index is 0.0457. The lowest BCUT2D eigenvalue weighted by Gasteiger charge is -2.04. The number of hydrogen-bond acceptors (Lipinski definition) is 4. The molecule has 0 atom stereocenters. The van der Waals surface area contributed by atoms with Crippen molar-refractivity contribution in [2.45, 2.75) is 26.4 Å². The molecule has 0 aromatic carbocycles. The molecule has 2 aromatic rings. The fourth-order valence-corrected chi connectivity index (χ4v) is 1.65. The van der Waals surface area contributed by atoms with Gasteiger partial charge in [0.25, 0.3) is 0 Å². The van der Waals surface area contributed by atoms with Crippen molar-refractivity contribution < 1.29 is 5.11 Å². The predicted molar refractivity (Wildman–Crippen MR) is 59.6 cm³/mol. The molecule has 0 saturated carbocycles. The van der Waals surface area contributed by atoms with E-state index in [1.807, 2.05) is 13.8 Å². The lowest BCUT2D eigenvalue weighted by Crippen LogP contribution is -1.95. The molecule has 0 spiro atoms. The molecule has 0 aliphatic carbocycles. The molecular formula is C11H14N4O. The number of rotatable bonds is 3. The quantitative estimate of drug-likeness (QED) is 0.818. The van der Waals surface area contributed by atoms with Gasteiger partial charge in [-0.2, -0.15) is 5.10 Å². The molecule has 0 amide bonds. The molecule has 2 N–H and O–H groups in total. The molecule has 0 bridgehead atoms. The Kier molecular flexibility index (Phi) is 2.96. The standard InChI is InChI=1S/C11H14N4O/c1-7(2)10-8(6-16)11(15-14-10)9-5-12-3-4-13-9/h3-5,7,16H,6H2,1-2H3,(H,14,15). The first-order valence-electron chi connectivity index (χ1n) is 5.18. The van der Waals surface area contributed by atoms with Crippen molar-refractivity contribution in [2.24, 2.45) is 0 Å². The highest BCUT2D eigenvalue weighted by atomic mass is 16.3. The number of aromatic amines is 1. The second-order valence-corrected chi connectivity index (χ2v) is 3.87. The fraction of sp³-hybridized carbons (Fsp3) is 0.364. The second kappa shape index (κ2) is 4.40. The van der Waals surface area contributed by atoms with Crippen molar-refractivity contribution in [3.63, 3.8) is 0 Å². The van der Waals surface area contributed by atoms with Gasteiger partial charge in [-0.25, -0.2) is 0 Å². The molecule has 0 radical (unpaired) electrons. The Morgan fingerprint density at radius 1 is 1.38 bits per heavy atom. The zero-order chi connectivity index (χ0) is 11.5. The minimum atomic E-state index is -0.0457. The third kappa shape index (κ3) is 1.81. The van der Waals surface area contributed by atoms with E-state index < -0.39 is 0 Å². The van der Waals surface area contributed by atoms with Gasteiger partial charge < -0.3 is 5.11 Å². The van der Waals surface area contributed by atoms with Crippen LogP contribution in [0.3, 0.4) is 0 Å². The number of nitrogens with one attached hydrogen (secondary N) is 1. The summed E-state index contributed by atoms with van der Waals surface area (Å²) in [5.74, 6) is 0.292. The van der Waals surface area contributed by atoms with Gasteiger partial charge in [-0.15, -0.1) is 0 Å². The lowest BCUT2D eigenvalue weighted by molar-refractivity contribution is 0.280. The van der Waals surface area contributed by atoms with E-state index in [0.717, 1.165) is 11.3 Å². The van der Waals surface area contributed by atoms with Crippen LogP contribution in [0.4, 0.5) is 0 Å². The third-order valence-electron chi connectivity index (χ3n) is 2.44. The van der Waals surface area contributed by atoms with E-state index in [1.54, 1.807) is 18.6 Å². The van der Waals surface area contributed by atoms with Gasteiger partial charge in [0.15, 0.2) is 0 Å². The van der Waals surface area contributed by atoms with Gasteiger partial charge in [-0.05, 0) is 5.92 Å². The first-order chi connectivity index (χ1) is 7.74. The van der Waals surface area contributed by atoms with E-state index in [-0.39, 0.29) is 6.61 Å². The zero-order valence-corrected chi connectivity index (χ0v) is 9.31. The van der Waals surface area contributed by atoms with E-state index in [2.05, 4.69) is 20.2 Å². The topological polar surface area (TPSA) is 74.7 Å². The average Bonchev–Trinajstić information content (AvgIpc) is 2.73. The maximum atomic E-state index is 9.39. The average molecular weight is 218 g/mol. The molecule has 0 aliphatic rings. The monoisotopic (exact) mass is 218 g/mol. The van der Waals surface area contributed by atoms with Crippen molar-refractivity contribution in [1.82, 2.24) is 20.2 Å². The van der Waals surface area contributed by atoms with E-state index in [9.17, 15) is 5.11 Å². The molecular weight excluding hydrogens is 204 g/mol. The van der Waals surface area contributed by atoms with Crippen LogP contribution in [0.25, 0.3) is 11.4 Å². The minimum Gasteiger partial charge on any atom is -0.392 e. The van der Waals surface area contributed by atoms with Crippen LogP contribution in [0, 0.1) is 0 Å². The van der Waals surface area contributed by atoms with Crippen LogP contribution in [0.2, 0.25) is 0 Å². The van der Waals surface area contributed by atoms with E-state index in [4.69, 9.17) is 0 Å². The van der Waals surface area contributed by atoms with Crippen LogP contribution in [-0.4, -0.2) is 25.3 Å². The van der Waals surface area contributed by atoms with Crippen LogP contribution in [0.5, 0.6) is 0 Å². The summed E-state index contributed by atoms with van der Waals surface area (Å²) in [7, 11) is 0. The molecule has 2 aromatic heterocycles. The SMILES string of the molecule is CC(C)c1[nH]nc(-c2cnccn2)c1CO. The maximum absolute atomic E-state index is 9.39. The van der Waals surface area contributed by atoms with Gasteiger partial charge in [0.05, 0.1) is 12.8 Å². The molecule has 0 aliphatic heterocycles. The van der Waals surface area contributed by atoms with E-state index in [1.165, 1.54) is 0 Å². The van der Waals surface area contributed by atoms with Crippen LogP contribution in [0.1, 0.15) is 31.0 Å². The van der Waals surface area contributed by atoms with Crippen LogP contribution in [0.15, 0.2) is 18.6 Å². The van der Waals surface area contributed by atoms with E-state index in [0.29, 0.717) is 17.3 Å². The Morgan fingerprint density at radius 3 is 2.75 bits per heavy atom. The highest BCUT2D eigenvalue weighted by Gasteiger charge is 2.16. The largest absolute Gasteiger partial charge is 0.392 e.